The van der Waals surface area contributed by atoms with E-state index in [0.717, 1.165) is 0 Å². The van der Waals surface area contributed by atoms with E-state index in [9.17, 15) is 18.3 Å². The maximum Gasteiger partial charge on any atom is 0.306 e. The van der Waals surface area contributed by atoms with Crippen LogP contribution in [0, 0.1) is 0 Å². The Morgan fingerprint density at radius 1 is 1.45 bits per heavy atom. The first-order valence-corrected chi connectivity index (χ1v) is 7.73. The van der Waals surface area contributed by atoms with Crippen molar-refractivity contribution < 1.29 is 23.1 Å². The van der Waals surface area contributed by atoms with Crippen molar-refractivity contribution in [1.29, 1.82) is 0 Å². The molecule has 0 radical (unpaired) electrons. The lowest BCUT2D eigenvalue weighted by Gasteiger charge is -2.11. The average molecular weight is 301 g/mol. The lowest BCUT2D eigenvalue weighted by molar-refractivity contribution is -0.140. The molecule has 1 atom stereocenters. The molecule has 20 heavy (non-hydrogen) atoms. The summed E-state index contributed by atoms with van der Waals surface area (Å²) < 4.78 is 30.8. The van der Waals surface area contributed by atoms with Crippen molar-refractivity contribution in [2.45, 2.75) is 30.8 Å². The molecule has 0 aliphatic heterocycles. The maximum absolute atomic E-state index is 12.0. The molecule has 0 aliphatic carbocycles. The summed E-state index contributed by atoms with van der Waals surface area (Å²) in [4.78, 5) is 11.0. The third-order valence-corrected chi connectivity index (χ3v) is 4.25. The summed E-state index contributed by atoms with van der Waals surface area (Å²) in [6.07, 6.45) is -0.230. The van der Waals surface area contributed by atoms with Crippen molar-refractivity contribution in [3.05, 3.63) is 29.8 Å². The zero-order valence-electron chi connectivity index (χ0n) is 11.5. The van der Waals surface area contributed by atoms with Crippen LogP contribution in [0.5, 0.6) is 0 Å². The molecule has 0 aliphatic rings. The van der Waals surface area contributed by atoms with Gasteiger partial charge in [0.2, 0.25) is 10.0 Å². The second kappa shape index (κ2) is 7.37. The standard InChI is InChI=1S/C13H19NO5S/c1-3-12(15)10-5-4-6-11(9-10)20(17,18)14-8-7-13(16)19-2/h4-6,9,12,14-15H,3,7-8H2,1-2H3. The molecule has 0 spiro atoms. The summed E-state index contributed by atoms with van der Waals surface area (Å²) in [5.74, 6) is -0.483. The van der Waals surface area contributed by atoms with E-state index in [2.05, 4.69) is 9.46 Å². The third-order valence-electron chi connectivity index (χ3n) is 2.79. The monoisotopic (exact) mass is 301 g/mol. The molecule has 0 bridgehead atoms. The van der Waals surface area contributed by atoms with Crippen LogP contribution in [0.3, 0.4) is 0 Å². The number of hydrogen-bond acceptors (Lipinski definition) is 5. The van der Waals surface area contributed by atoms with E-state index in [-0.39, 0.29) is 17.9 Å². The fourth-order valence-corrected chi connectivity index (χ4v) is 2.68. The minimum atomic E-state index is -3.70. The molecule has 0 aromatic heterocycles. The Morgan fingerprint density at radius 3 is 2.75 bits per heavy atom. The minimum absolute atomic E-state index is 0.0322. The number of carbonyl (C=O) groups excluding carboxylic acids is 1. The molecule has 6 nitrogen and oxygen atoms in total. The summed E-state index contributed by atoms with van der Waals surface area (Å²) in [5, 5.41) is 9.72. The molecule has 1 aromatic carbocycles. The smallest absolute Gasteiger partial charge is 0.306 e. The largest absolute Gasteiger partial charge is 0.469 e. The first kappa shape index (κ1) is 16.6. The first-order valence-electron chi connectivity index (χ1n) is 6.25. The number of esters is 1. The van der Waals surface area contributed by atoms with Crippen molar-refractivity contribution in [3.63, 3.8) is 0 Å². The van der Waals surface area contributed by atoms with Crippen molar-refractivity contribution >= 4 is 16.0 Å². The van der Waals surface area contributed by atoms with Crippen molar-refractivity contribution in [3.8, 4) is 0 Å². The van der Waals surface area contributed by atoms with Gasteiger partial charge in [-0.2, -0.15) is 0 Å². The van der Waals surface area contributed by atoms with Crippen LogP contribution in [-0.4, -0.2) is 33.1 Å². The zero-order valence-corrected chi connectivity index (χ0v) is 12.3. The summed E-state index contributed by atoms with van der Waals surface area (Å²) >= 11 is 0. The Bertz CT molecular complexity index is 556. The van der Waals surface area contributed by atoms with Gasteiger partial charge in [0, 0.05) is 6.54 Å². The number of methoxy groups -OCH3 is 1. The Kier molecular flexibility index (Phi) is 6.12. The quantitative estimate of drug-likeness (QED) is 0.732. The maximum atomic E-state index is 12.0. The highest BCUT2D eigenvalue weighted by atomic mass is 32.2. The zero-order chi connectivity index (χ0) is 15.2. The third kappa shape index (κ3) is 4.59. The molecule has 0 saturated heterocycles. The summed E-state index contributed by atoms with van der Waals surface area (Å²) in [5.41, 5.74) is 0.545. The van der Waals surface area contributed by atoms with Gasteiger partial charge in [-0.3, -0.25) is 4.79 Å². The van der Waals surface area contributed by atoms with Gasteiger partial charge in [-0.15, -0.1) is 0 Å². The number of aliphatic hydroxyl groups is 1. The number of benzene rings is 1. The van der Waals surface area contributed by atoms with Gasteiger partial charge in [0.05, 0.1) is 24.5 Å². The molecule has 1 aromatic rings. The van der Waals surface area contributed by atoms with Gasteiger partial charge < -0.3 is 9.84 Å². The second-order valence-electron chi connectivity index (χ2n) is 4.22. The number of ether oxygens (including phenoxy) is 1. The fraction of sp³-hybridized carbons (Fsp3) is 0.462. The number of aliphatic hydroxyl groups excluding tert-OH is 1. The molecular weight excluding hydrogens is 282 g/mol. The minimum Gasteiger partial charge on any atom is -0.469 e. The van der Waals surface area contributed by atoms with Crippen LogP contribution in [0.2, 0.25) is 0 Å². The lowest BCUT2D eigenvalue weighted by atomic mass is 10.1. The molecule has 2 N–H and O–H groups in total. The molecule has 112 valence electrons. The van der Waals surface area contributed by atoms with E-state index in [1.54, 1.807) is 19.1 Å². The number of hydrogen-bond donors (Lipinski definition) is 2. The molecule has 0 fully saturated rings. The first-order chi connectivity index (χ1) is 9.40. The summed E-state index contributed by atoms with van der Waals surface area (Å²) in [7, 11) is -2.45. The van der Waals surface area contributed by atoms with E-state index < -0.39 is 22.1 Å². The van der Waals surface area contributed by atoms with Crippen LogP contribution in [0.15, 0.2) is 29.2 Å². The Labute approximate surface area is 118 Å². The van der Waals surface area contributed by atoms with Crippen LogP contribution in [0.25, 0.3) is 0 Å². The number of sulfonamides is 1. The second-order valence-corrected chi connectivity index (χ2v) is 5.99. The average Bonchev–Trinajstić information content (AvgIpc) is 2.46. The highest BCUT2D eigenvalue weighted by Gasteiger charge is 2.16. The SMILES string of the molecule is CCC(O)c1cccc(S(=O)(=O)NCCC(=O)OC)c1. The van der Waals surface area contributed by atoms with Gasteiger partial charge in [-0.1, -0.05) is 19.1 Å². The van der Waals surface area contributed by atoms with Crippen LogP contribution < -0.4 is 4.72 Å². The van der Waals surface area contributed by atoms with Crippen molar-refractivity contribution in [1.82, 2.24) is 4.72 Å². The predicted molar refractivity (Wildman–Crippen MR) is 73.5 cm³/mol. The molecule has 1 rings (SSSR count). The molecule has 1 unspecified atom stereocenters. The summed E-state index contributed by atoms with van der Waals surface area (Å²) in [6.45, 7) is 1.77. The van der Waals surface area contributed by atoms with Gasteiger partial charge >= 0.3 is 5.97 Å². The Hall–Kier alpha value is -1.44. The van der Waals surface area contributed by atoms with E-state index in [1.807, 2.05) is 0 Å². The normalized spacial score (nSPS) is 12.9. The van der Waals surface area contributed by atoms with Crippen LogP contribution in [0.4, 0.5) is 0 Å². The molecule has 0 saturated carbocycles. The van der Waals surface area contributed by atoms with Gasteiger partial charge in [0.1, 0.15) is 0 Å². The predicted octanol–water partition coefficient (Wildman–Crippen LogP) is 0.971. The van der Waals surface area contributed by atoms with E-state index in [0.29, 0.717) is 12.0 Å². The number of nitrogens with one attached hydrogen (secondary N) is 1. The van der Waals surface area contributed by atoms with Crippen molar-refractivity contribution in [2.75, 3.05) is 13.7 Å². The number of carbonyl (C=O) groups is 1. The highest BCUT2D eigenvalue weighted by Crippen LogP contribution is 2.19. The van der Waals surface area contributed by atoms with Gasteiger partial charge in [0.15, 0.2) is 0 Å². The topological polar surface area (TPSA) is 92.7 Å². The van der Waals surface area contributed by atoms with Crippen molar-refractivity contribution in [2.24, 2.45) is 0 Å². The fourth-order valence-electron chi connectivity index (χ4n) is 1.60. The van der Waals surface area contributed by atoms with E-state index in [1.165, 1.54) is 19.2 Å². The van der Waals surface area contributed by atoms with Gasteiger partial charge in [-0.05, 0) is 24.1 Å². The molecule has 7 heteroatoms. The van der Waals surface area contributed by atoms with E-state index >= 15 is 0 Å². The van der Waals surface area contributed by atoms with E-state index in [4.69, 9.17) is 0 Å². The highest BCUT2D eigenvalue weighted by molar-refractivity contribution is 7.89. The van der Waals surface area contributed by atoms with Gasteiger partial charge in [0.25, 0.3) is 0 Å². The van der Waals surface area contributed by atoms with Crippen LogP contribution in [0.1, 0.15) is 31.4 Å². The number of rotatable bonds is 7. The molecule has 0 heterocycles. The Morgan fingerprint density at radius 2 is 2.15 bits per heavy atom. The van der Waals surface area contributed by atoms with Crippen LogP contribution in [-0.2, 0) is 19.6 Å². The summed E-state index contributed by atoms with van der Waals surface area (Å²) in [6, 6.07) is 6.10. The Balaban J connectivity index is 2.79. The molecular formula is C13H19NO5S. The van der Waals surface area contributed by atoms with Gasteiger partial charge in [-0.25, -0.2) is 13.1 Å². The van der Waals surface area contributed by atoms with Crippen LogP contribution >= 0.6 is 0 Å². The molecule has 0 amide bonds. The lowest BCUT2D eigenvalue weighted by Crippen LogP contribution is -2.26.